The first kappa shape index (κ1) is 11.2. The van der Waals surface area contributed by atoms with Crippen LogP contribution in [0.1, 0.15) is 38.2 Å². The standard InChI is InChI=1S/C13H18O3/c1-10-2-5-13(6-3-10,12(14)15)8-11-4-7-16-9-11/h4,7,9-10H,2-3,5-6,8H2,1H3,(H,14,15). The van der Waals surface area contributed by atoms with Gasteiger partial charge in [0.05, 0.1) is 17.9 Å². The van der Waals surface area contributed by atoms with Gasteiger partial charge in [-0.3, -0.25) is 4.79 Å². The molecule has 1 aromatic heterocycles. The molecule has 0 aromatic carbocycles. The Morgan fingerprint density at radius 2 is 2.25 bits per heavy atom. The number of hydrogen-bond acceptors (Lipinski definition) is 2. The van der Waals surface area contributed by atoms with Crippen molar-refractivity contribution < 1.29 is 14.3 Å². The Bertz CT molecular complexity index is 345. The molecule has 0 amide bonds. The van der Waals surface area contributed by atoms with Gasteiger partial charge >= 0.3 is 5.97 Å². The number of aliphatic carboxylic acids is 1. The van der Waals surface area contributed by atoms with Gasteiger partial charge in [0, 0.05) is 0 Å². The summed E-state index contributed by atoms with van der Waals surface area (Å²) >= 11 is 0. The van der Waals surface area contributed by atoms with E-state index in [-0.39, 0.29) is 0 Å². The first-order chi connectivity index (χ1) is 7.62. The van der Waals surface area contributed by atoms with Gasteiger partial charge in [-0.1, -0.05) is 6.92 Å². The molecule has 1 heterocycles. The van der Waals surface area contributed by atoms with E-state index < -0.39 is 11.4 Å². The van der Waals surface area contributed by atoms with E-state index in [1.165, 1.54) is 0 Å². The molecule has 88 valence electrons. The van der Waals surface area contributed by atoms with Crippen LogP contribution in [0.4, 0.5) is 0 Å². The van der Waals surface area contributed by atoms with Crippen LogP contribution >= 0.6 is 0 Å². The molecule has 1 fully saturated rings. The zero-order chi connectivity index (χ0) is 11.6. The third-order valence-corrected chi connectivity index (χ3v) is 3.81. The fraction of sp³-hybridized carbons (Fsp3) is 0.615. The van der Waals surface area contributed by atoms with E-state index in [1.807, 2.05) is 6.07 Å². The lowest BCUT2D eigenvalue weighted by atomic mass is 9.68. The Morgan fingerprint density at radius 3 is 2.75 bits per heavy atom. The van der Waals surface area contributed by atoms with Gasteiger partial charge in [-0.15, -0.1) is 0 Å². The molecule has 1 aromatic rings. The molecule has 2 rings (SSSR count). The van der Waals surface area contributed by atoms with Crippen molar-refractivity contribution >= 4 is 5.97 Å². The lowest BCUT2D eigenvalue weighted by molar-refractivity contribution is -0.151. The van der Waals surface area contributed by atoms with E-state index in [2.05, 4.69) is 6.92 Å². The number of furan rings is 1. The predicted molar refractivity (Wildman–Crippen MR) is 60.1 cm³/mol. The minimum Gasteiger partial charge on any atom is -0.481 e. The van der Waals surface area contributed by atoms with Gasteiger partial charge in [0.15, 0.2) is 0 Å². The van der Waals surface area contributed by atoms with Gasteiger partial charge in [-0.25, -0.2) is 0 Å². The number of carboxylic acid groups (broad SMARTS) is 1. The van der Waals surface area contributed by atoms with Crippen LogP contribution in [-0.4, -0.2) is 11.1 Å². The summed E-state index contributed by atoms with van der Waals surface area (Å²) in [5.74, 6) is 0.0115. The van der Waals surface area contributed by atoms with E-state index in [4.69, 9.17) is 4.42 Å². The smallest absolute Gasteiger partial charge is 0.309 e. The molecule has 0 spiro atoms. The summed E-state index contributed by atoms with van der Waals surface area (Å²) in [6.45, 7) is 2.20. The molecule has 1 N–H and O–H groups in total. The monoisotopic (exact) mass is 222 g/mol. The first-order valence-corrected chi connectivity index (χ1v) is 5.87. The van der Waals surface area contributed by atoms with Gasteiger partial charge in [-0.2, -0.15) is 0 Å². The van der Waals surface area contributed by atoms with Crippen LogP contribution in [-0.2, 0) is 11.2 Å². The van der Waals surface area contributed by atoms with Crippen molar-refractivity contribution in [2.45, 2.75) is 39.0 Å². The molecule has 0 atom stereocenters. The van der Waals surface area contributed by atoms with Crippen LogP contribution in [0.25, 0.3) is 0 Å². The van der Waals surface area contributed by atoms with Crippen molar-refractivity contribution in [3.05, 3.63) is 24.2 Å². The molecular weight excluding hydrogens is 204 g/mol. The van der Waals surface area contributed by atoms with Crippen molar-refractivity contribution in [2.24, 2.45) is 11.3 Å². The first-order valence-electron chi connectivity index (χ1n) is 5.87. The van der Waals surface area contributed by atoms with E-state index in [0.717, 1.165) is 31.2 Å². The molecule has 1 aliphatic rings. The van der Waals surface area contributed by atoms with Crippen LogP contribution in [0.5, 0.6) is 0 Å². The van der Waals surface area contributed by atoms with Gasteiger partial charge in [0.25, 0.3) is 0 Å². The zero-order valence-electron chi connectivity index (χ0n) is 9.61. The van der Waals surface area contributed by atoms with Gasteiger partial charge in [0.1, 0.15) is 0 Å². The Kier molecular flexibility index (Phi) is 3.03. The van der Waals surface area contributed by atoms with Crippen molar-refractivity contribution in [3.8, 4) is 0 Å². The number of carbonyl (C=O) groups is 1. The Balaban J connectivity index is 2.13. The number of rotatable bonds is 3. The van der Waals surface area contributed by atoms with E-state index >= 15 is 0 Å². The Morgan fingerprint density at radius 1 is 1.56 bits per heavy atom. The molecule has 0 unspecified atom stereocenters. The molecule has 0 radical (unpaired) electrons. The van der Waals surface area contributed by atoms with Crippen LogP contribution in [0.3, 0.4) is 0 Å². The van der Waals surface area contributed by atoms with Crippen LogP contribution < -0.4 is 0 Å². The molecule has 0 aliphatic heterocycles. The number of hydrogen-bond donors (Lipinski definition) is 1. The second-order valence-corrected chi connectivity index (χ2v) is 5.08. The summed E-state index contributed by atoms with van der Waals surface area (Å²) < 4.78 is 5.01. The Labute approximate surface area is 95.5 Å². The summed E-state index contributed by atoms with van der Waals surface area (Å²) in [7, 11) is 0. The normalized spacial score (nSPS) is 30.2. The highest BCUT2D eigenvalue weighted by atomic mass is 16.4. The highest BCUT2D eigenvalue weighted by Crippen LogP contribution is 2.41. The van der Waals surface area contributed by atoms with Crippen LogP contribution in [0, 0.1) is 11.3 Å². The molecule has 1 aliphatic carbocycles. The van der Waals surface area contributed by atoms with Crippen molar-refractivity contribution in [2.75, 3.05) is 0 Å². The molecular formula is C13H18O3. The SMILES string of the molecule is CC1CCC(Cc2ccoc2)(C(=O)O)CC1. The maximum absolute atomic E-state index is 11.5. The summed E-state index contributed by atoms with van der Waals surface area (Å²) in [5.41, 5.74) is 0.438. The lowest BCUT2D eigenvalue weighted by Crippen LogP contribution is -2.37. The highest BCUT2D eigenvalue weighted by Gasteiger charge is 2.41. The van der Waals surface area contributed by atoms with Gasteiger partial charge in [0.2, 0.25) is 0 Å². The fourth-order valence-corrected chi connectivity index (χ4v) is 2.56. The van der Waals surface area contributed by atoms with Crippen molar-refractivity contribution in [3.63, 3.8) is 0 Å². The number of carboxylic acids is 1. The third kappa shape index (κ3) is 2.13. The summed E-state index contributed by atoms with van der Waals surface area (Å²) in [6, 6.07) is 1.86. The second kappa shape index (κ2) is 4.32. The van der Waals surface area contributed by atoms with Gasteiger partial charge in [-0.05, 0) is 49.7 Å². The summed E-state index contributed by atoms with van der Waals surface area (Å²) in [4.78, 5) is 11.5. The molecule has 3 nitrogen and oxygen atoms in total. The average Bonchev–Trinajstić information content (AvgIpc) is 2.74. The quantitative estimate of drug-likeness (QED) is 0.854. The minimum atomic E-state index is -0.652. The van der Waals surface area contributed by atoms with Gasteiger partial charge < -0.3 is 9.52 Å². The topological polar surface area (TPSA) is 50.4 Å². The van der Waals surface area contributed by atoms with Crippen molar-refractivity contribution in [1.82, 2.24) is 0 Å². The molecule has 1 saturated carbocycles. The minimum absolute atomic E-state index is 0.559. The van der Waals surface area contributed by atoms with Crippen LogP contribution in [0.2, 0.25) is 0 Å². The van der Waals surface area contributed by atoms with Crippen molar-refractivity contribution in [1.29, 1.82) is 0 Å². The molecule has 16 heavy (non-hydrogen) atoms. The maximum atomic E-state index is 11.5. The largest absolute Gasteiger partial charge is 0.481 e. The predicted octanol–water partition coefficient (Wildman–Crippen LogP) is 3.10. The fourth-order valence-electron chi connectivity index (χ4n) is 2.56. The second-order valence-electron chi connectivity index (χ2n) is 5.08. The lowest BCUT2D eigenvalue weighted by Gasteiger charge is -2.35. The molecule has 0 bridgehead atoms. The summed E-state index contributed by atoms with van der Waals surface area (Å²) in [6.07, 6.45) is 7.47. The van der Waals surface area contributed by atoms with E-state index in [9.17, 15) is 9.90 Å². The third-order valence-electron chi connectivity index (χ3n) is 3.81. The molecule has 3 heteroatoms. The van der Waals surface area contributed by atoms with E-state index in [1.54, 1.807) is 12.5 Å². The summed E-state index contributed by atoms with van der Waals surface area (Å²) in [5, 5.41) is 9.44. The zero-order valence-corrected chi connectivity index (χ0v) is 9.61. The average molecular weight is 222 g/mol. The van der Waals surface area contributed by atoms with Crippen LogP contribution in [0.15, 0.2) is 23.0 Å². The highest BCUT2D eigenvalue weighted by molar-refractivity contribution is 5.75. The Hall–Kier alpha value is -1.25. The molecule has 0 saturated heterocycles. The maximum Gasteiger partial charge on any atom is 0.309 e. The van der Waals surface area contributed by atoms with E-state index in [0.29, 0.717) is 12.3 Å².